The largest absolute Gasteiger partial charge is 0.489 e. The minimum atomic E-state index is -0.349. The molecule has 0 saturated carbocycles. The lowest BCUT2D eigenvalue weighted by atomic mass is 10.1. The third-order valence-corrected chi connectivity index (χ3v) is 5.16. The number of hydrogen-bond acceptors (Lipinski definition) is 4. The van der Waals surface area contributed by atoms with E-state index in [0.717, 1.165) is 22.3 Å². The van der Waals surface area contributed by atoms with Crippen molar-refractivity contribution in [3.05, 3.63) is 119 Å². The van der Waals surface area contributed by atoms with Gasteiger partial charge in [-0.2, -0.15) is 5.10 Å². The highest BCUT2D eigenvalue weighted by atomic mass is 35.5. The second-order valence-corrected chi connectivity index (χ2v) is 7.90. The van der Waals surface area contributed by atoms with E-state index < -0.39 is 0 Å². The number of hydrogen-bond donors (Lipinski definition) is 1. The first-order valence-electron chi connectivity index (χ1n) is 10.7. The van der Waals surface area contributed by atoms with E-state index in [1.807, 2.05) is 103 Å². The van der Waals surface area contributed by atoms with E-state index in [1.54, 1.807) is 6.21 Å². The summed E-state index contributed by atoms with van der Waals surface area (Å²) in [4.78, 5) is 12.1. The van der Waals surface area contributed by atoms with Gasteiger partial charge in [0.15, 0.2) is 6.61 Å². The van der Waals surface area contributed by atoms with Crippen LogP contribution < -0.4 is 14.9 Å². The molecular weight excluding hydrogens is 448 g/mol. The fourth-order valence-corrected chi connectivity index (χ4v) is 3.29. The number of benzene rings is 4. The molecule has 0 aromatic heterocycles. The Morgan fingerprint density at radius 1 is 0.794 bits per heavy atom. The number of carbonyl (C=O) groups excluding carboxylic acids is 1. The Morgan fingerprint density at radius 3 is 2.29 bits per heavy atom. The van der Waals surface area contributed by atoms with Gasteiger partial charge < -0.3 is 9.47 Å². The van der Waals surface area contributed by atoms with E-state index in [2.05, 4.69) is 10.5 Å². The number of rotatable bonds is 9. The average Bonchev–Trinajstić information content (AvgIpc) is 2.88. The lowest BCUT2D eigenvalue weighted by Crippen LogP contribution is -2.24. The van der Waals surface area contributed by atoms with Crippen LogP contribution in [0.15, 0.2) is 108 Å². The summed E-state index contributed by atoms with van der Waals surface area (Å²) >= 11 is 5.90. The lowest BCUT2D eigenvalue weighted by molar-refractivity contribution is -0.123. The molecule has 0 bridgehead atoms. The third-order valence-electron chi connectivity index (χ3n) is 4.91. The van der Waals surface area contributed by atoms with Crippen molar-refractivity contribution in [3.63, 3.8) is 0 Å². The molecule has 5 nitrogen and oxygen atoms in total. The highest BCUT2D eigenvalue weighted by Crippen LogP contribution is 2.22. The summed E-state index contributed by atoms with van der Waals surface area (Å²) < 4.78 is 11.4. The first-order valence-corrected chi connectivity index (χ1v) is 11.1. The Morgan fingerprint density at radius 2 is 1.53 bits per heavy atom. The lowest BCUT2D eigenvalue weighted by Gasteiger charge is -2.07. The quantitative estimate of drug-likeness (QED) is 0.237. The highest BCUT2D eigenvalue weighted by molar-refractivity contribution is 6.30. The van der Waals surface area contributed by atoms with E-state index in [4.69, 9.17) is 21.1 Å². The highest BCUT2D eigenvalue weighted by Gasteiger charge is 2.03. The van der Waals surface area contributed by atoms with Crippen LogP contribution >= 0.6 is 11.6 Å². The number of hydrazone groups is 1. The predicted octanol–water partition coefficient (Wildman–Crippen LogP) is 6.12. The van der Waals surface area contributed by atoms with Crippen LogP contribution in [0, 0.1) is 0 Å². The molecule has 34 heavy (non-hydrogen) atoms. The molecule has 0 aliphatic heterocycles. The zero-order chi connectivity index (χ0) is 23.6. The van der Waals surface area contributed by atoms with E-state index in [9.17, 15) is 4.79 Å². The van der Waals surface area contributed by atoms with Gasteiger partial charge in [0.25, 0.3) is 5.91 Å². The zero-order valence-corrected chi connectivity index (χ0v) is 19.1. The predicted molar refractivity (Wildman–Crippen MR) is 135 cm³/mol. The Hall–Kier alpha value is -4.09. The number of nitrogens with zero attached hydrogens (tertiary/aromatic N) is 1. The molecular formula is C28H23ClN2O3. The molecule has 0 atom stereocenters. The van der Waals surface area contributed by atoms with Crippen LogP contribution in [0.5, 0.6) is 11.5 Å². The number of nitrogens with one attached hydrogen (secondary N) is 1. The molecule has 1 N–H and O–H groups in total. The monoisotopic (exact) mass is 470 g/mol. The first kappa shape index (κ1) is 23.1. The van der Waals surface area contributed by atoms with Crippen molar-refractivity contribution in [3.8, 4) is 22.6 Å². The normalized spacial score (nSPS) is 10.7. The molecule has 1 amide bonds. The van der Waals surface area contributed by atoms with Crippen LogP contribution in [-0.4, -0.2) is 18.7 Å². The van der Waals surface area contributed by atoms with Gasteiger partial charge in [0.1, 0.15) is 18.1 Å². The van der Waals surface area contributed by atoms with Gasteiger partial charge in [-0.3, -0.25) is 4.79 Å². The van der Waals surface area contributed by atoms with Gasteiger partial charge in [-0.15, -0.1) is 0 Å². The van der Waals surface area contributed by atoms with Crippen LogP contribution in [0.25, 0.3) is 11.1 Å². The summed E-state index contributed by atoms with van der Waals surface area (Å²) in [6.45, 7) is 0.296. The van der Waals surface area contributed by atoms with Gasteiger partial charge in [0.2, 0.25) is 0 Å². The topological polar surface area (TPSA) is 59.9 Å². The van der Waals surface area contributed by atoms with Gasteiger partial charge in [-0.25, -0.2) is 5.43 Å². The average molecular weight is 471 g/mol. The molecule has 170 valence electrons. The maximum absolute atomic E-state index is 12.1. The smallest absolute Gasteiger partial charge is 0.277 e. The second kappa shape index (κ2) is 11.7. The summed E-state index contributed by atoms with van der Waals surface area (Å²) in [7, 11) is 0. The molecule has 0 aliphatic rings. The molecule has 0 radical (unpaired) electrons. The van der Waals surface area contributed by atoms with E-state index in [0.29, 0.717) is 23.1 Å². The maximum Gasteiger partial charge on any atom is 0.277 e. The van der Waals surface area contributed by atoms with Crippen LogP contribution in [0.1, 0.15) is 11.1 Å². The van der Waals surface area contributed by atoms with Crippen LogP contribution in [0.2, 0.25) is 5.02 Å². The van der Waals surface area contributed by atoms with E-state index in [1.165, 1.54) is 0 Å². The van der Waals surface area contributed by atoms with Crippen molar-refractivity contribution in [1.82, 2.24) is 5.43 Å². The fraction of sp³-hybridized carbons (Fsp3) is 0.0714. The van der Waals surface area contributed by atoms with Gasteiger partial charge in [-0.1, -0.05) is 78.3 Å². The Balaban J connectivity index is 1.23. The number of ether oxygens (including phenoxy) is 2. The minimum absolute atomic E-state index is 0.133. The molecule has 0 aliphatic carbocycles. The van der Waals surface area contributed by atoms with E-state index >= 15 is 0 Å². The minimum Gasteiger partial charge on any atom is -0.489 e. The van der Waals surface area contributed by atoms with Crippen molar-refractivity contribution in [2.24, 2.45) is 5.10 Å². The zero-order valence-electron chi connectivity index (χ0n) is 18.4. The van der Waals surface area contributed by atoms with Gasteiger partial charge in [0, 0.05) is 5.02 Å². The van der Waals surface area contributed by atoms with Crippen molar-refractivity contribution in [2.45, 2.75) is 6.61 Å². The molecule has 6 heteroatoms. The summed E-state index contributed by atoms with van der Waals surface area (Å²) in [6.07, 6.45) is 1.56. The summed E-state index contributed by atoms with van der Waals surface area (Å²) in [5, 5.41) is 4.69. The SMILES string of the molecule is O=C(COc1ccc(-c2ccccc2)cc1)NN=Cc1cccc(OCc2ccc(Cl)cc2)c1. The molecule has 0 heterocycles. The number of carbonyl (C=O) groups is 1. The number of halogens is 1. The maximum atomic E-state index is 12.1. The van der Waals surface area contributed by atoms with Gasteiger partial charge in [-0.05, 0) is 58.7 Å². The van der Waals surface area contributed by atoms with Crippen LogP contribution in [-0.2, 0) is 11.4 Å². The number of amides is 1. The fourth-order valence-electron chi connectivity index (χ4n) is 3.17. The Labute approximate surface area is 203 Å². The molecule has 0 spiro atoms. The second-order valence-electron chi connectivity index (χ2n) is 7.46. The Kier molecular flexibility index (Phi) is 7.93. The van der Waals surface area contributed by atoms with Crippen LogP contribution in [0.4, 0.5) is 0 Å². The molecule has 0 saturated heterocycles. The van der Waals surface area contributed by atoms with Gasteiger partial charge in [0.05, 0.1) is 6.21 Å². The van der Waals surface area contributed by atoms with Crippen molar-refractivity contribution in [1.29, 1.82) is 0 Å². The summed E-state index contributed by atoms with van der Waals surface area (Å²) in [5.41, 5.74) is 6.50. The van der Waals surface area contributed by atoms with Crippen LogP contribution in [0.3, 0.4) is 0 Å². The summed E-state index contributed by atoms with van der Waals surface area (Å²) in [6, 6.07) is 32.6. The summed E-state index contributed by atoms with van der Waals surface area (Å²) in [5.74, 6) is 0.968. The van der Waals surface area contributed by atoms with Crippen molar-refractivity contribution in [2.75, 3.05) is 6.61 Å². The van der Waals surface area contributed by atoms with Gasteiger partial charge >= 0.3 is 0 Å². The Bertz CT molecular complexity index is 1240. The molecule has 0 unspecified atom stereocenters. The van der Waals surface area contributed by atoms with Crippen molar-refractivity contribution < 1.29 is 14.3 Å². The first-order chi connectivity index (χ1) is 16.7. The molecule has 0 fully saturated rings. The molecule has 4 aromatic carbocycles. The van der Waals surface area contributed by atoms with E-state index in [-0.39, 0.29) is 12.5 Å². The van der Waals surface area contributed by atoms with Crippen molar-refractivity contribution >= 4 is 23.7 Å². The third kappa shape index (κ3) is 6.95. The molecule has 4 rings (SSSR count). The molecule has 4 aromatic rings. The standard InChI is InChI=1S/C28H23ClN2O3/c29-25-13-9-21(10-14-25)19-33-27-8-4-5-22(17-27)18-30-31-28(32)20-34-26-15-11-24(12-16-26)23-6-2-1-3-7-23/h1-18H,19-20H2,(H,31,32).